The van der Waals surface area contributed by atoms with E-state index in [0.29, 0.717) is 18.6 Å². The lowest BCUT2D eigenvalue weighted by molar-refractivity contribution is 0.0285. The minimum atomic E-state index is -0.889. The summed E-state index contributed by atoms with van der Waals surface area (Å²) >= 11 is 0. The molecule has 5 heteroatoms. The molecule has 156 valence electrons. The third kappa shape index (κ3) is 8.22. The predicted molar refractivity (Wildman–Crippen MR) is 111 cm³/mol. The van der Waals surface area contributed by atoms with Gasteiger partial charge in [0.05, 0.1) is 25.4 Å². The van der Waals surface area contributed by atoms with Crippen molar-refractivity contribution in [3.8, 4) is 5.75 Å². The highest BCUT2D eigenvalue weighted by Crippen LogP contribution is 2.23. The van der Waals surface area contributed by atoms with Gasteiger partial charge in [-0.25, -0.2) is 4.39 Å². The molecular weight excluding hydrogens is 371 g/mol. The summed E-state index contributed by atoms with van der Waals surface area (Å²) in [6.07, 6.45) is 2.60. The number of aliphatic hydroxyl groups is 2. The molecule has 0 saturated carbocycles. The molecule has 2 rings (SSSR count). The van der Waals surface area contributed by atoms with Crippen LogP contribution in [0.4, 0.5) is 4.39 Å². The number of rotatable bonds is 11. The van der Waals surface area contributed by atoms with Crippen LogP contribution in [0.2, 0.25) is 0 Å². The Morgan fingerprint density at radius 2 is 1.93 bits per heavy atom. The largest absolute Gasteiger partial charge is 0.505 e. The summed E-state index contributed by atoms with van der Waals surface area (Å²) in [6, 6.07) is 13.6. The van der Waals surface area contributed by atoms with E-state index in [1.807, 2.05) is 37.3 Å². The maximum absolute atomic E-state index is 13.4. The molecule has 0 unspecified atom stereocenters. The third-order valence-electron chi connectivity index (χ3n) is 4.46. The molecule has 0 amide bonds. The van der Waals surface area contributed by atoms with Gasteiger partial charge in [-0.2, -0.15) is 0 Å². The molecule has 0 saturated heterocycles. The van der Waals surface area contributed by atoms with Gasteiger partial charge in [-0.3, -0.25) is 0 Å². The molecule has 2 aromatic carbocycles. The summed E-state index contributed by atoms with van der Waals surface area (Å²) in [5.74, 6) is -1.20. The van der Waals surface area contributed by atoms with Gasteiger partial charge in [-0.1, -0.05) is 49.7 Å². The van der Waals surface area contributed by atoms with Gasteiger partial charge in [-0.05, 0) is 41.3 Å². The van der Waals surface area contributed by atoms with Crippen LogP contribution in [0, 0.1) is 5.82 Å². The number of aromatic hydroxyl groups is 1. The summed E-state index contributed by atoms with van der Waals surface area (Å²) in [7, 11) is 0. The number of hydrogen-bond acceptors (Lipinski definition) is 4. The molecule has 0 aliphatic heterocycles. The third-order valence-corrected chi connectivity index (χ3v) is 4.46. The maximum atomic E-state index is 13.4. The van der Waals surface area contributed by atoms with Crippen LogP contribution in [-0.4, -0.2) is 28.0 Å². The van der Waals surface area contributed by atoms with Crippen molar-refractivity contribution in [3.63, 3.8) is 0 Å². The fraction of sp³-hybridized carbons (Fsp3) is 0.375. The van der Waals surface area contributed by atoms with Gasteiger partial charge in [0.25, 0.3) is 0 Å². The van der Waals surface area contributed by atoms with Crippen molar-refractivity contribution in [2.75, 3.05) is 6.61 Å². The Morgan fingerprint density at radius 1 is 1.17 bits per heavy atom. The van der Waals surface area contributed by atoms with E-state index in [0.717, 1.165) is 30.0 Å². The predicted octanol–water partition coefficient (Wildman–Crippen LogP) is 4.80. The van der Waals surface area contributed by atoms with E-state index in [1.54, 1.807) is 6.08 Å². The van der Waals surface area contributed by atoms with Crippen LogP contribution in [0.3, 0.4) is 0 Å². The molecule has 4 nitrogen and oxygen atoms in total. The summed E-state index contributed by atoms with van der Waals surface area (Å²) in [4.78, 5) is 0. The summed E-state index contributed by atoms with van der Waals surface area (Å²) in [5, 5.41) is 29.7. The number of hydrogen-bond donors (Lipinski definition) is 3. The summed E-state index contributed by atoms with van der Waals surface area (Å²) < 4.78 is 19.0. The Morgan fingerprint density at radius 3 is 2.62 bits per heavy atom. The molecule has 0 radical (unpaired) electrons. The summed E-state index contributed by atoms with van der Waals surface area (Å²) in [5.41, 5.74) is 5.56. The van der Waals surface area contributed by atoms with Crippen LogP contribution < -0.4 is 0 Å². The molecule has 0 aliphatic carbocycles. The lowest BCUT2D eigenvalue weighted by Crippen LogP contribution is -2.16. The lowest BCUT2D eigenvalue weighted by Gasteiger charge is -2.13. The van der Waals surface area contributed by atoms with Crippen molar-refractivity contribution in [2.45, 2.75) is 51.4 Å². The van der Waals surface area contributed by atoms with Gasteiger partial charge < -0.3 is 20.1 Å². The van der Waals surface area contributed by atoms with E-state index >= 15 is 0 Å². The normalized spacial score (nSPS) is 12.8. The number of aliphatic hydroxyl groups excluding tert-OH is 2. The zero-order chi connectivity index (χ0) is 21.1. The van der Waals surface area contributed by atoms with Crippen LogP contribution in [-0.2, 0) is 11.3 Å². The minimum absolute atomic E-state index is 0.235. The monoisotopic (exact) mass is 400 g/mol. The zero-order valence-electron chi connectivity index (χ0n) is 16.7. The Bertz CT molecular complexity index is 813. The van der Waals surface area contributed by atoms with E-state index in [2.05, 4.69) is 5.73 Å². The van der Waals surface area contributed by atoms with Crippen LogP contribution >= 0.6 is 0 Å². The SMILES string of the molecule is CCCC(=C=CC[C@@H](O)c1ccc(O)c(F)c1)C[C@@H](O)COCc1ccccc1. The van der Waals surface area contributed by atoms with Crippen molar-refractivity contribution in [1.82, 2.24) is 0 Å². The first-order valence-corrected chi connectivity index (χ1v) is 9.88. The maximum Gasteiger partial charge on any atom is 0.165 e. The van der Waals surface area contributed by atoms with Gasteiger partial charge >= 0.3 is 0 Å². The van der Waals surface area contributed by atoms with Crippen molar-refractivity contribution < 1.29 is 24.4 Å². The quantitative estimate of drug-likeness (QED) is 0.474. The van der Waals surface area contributed by atoms with E-state index in [-0.39, 0.29) is 13.0 Å². The topological polar surface area (TPSA) is 69.9 Å². The Balaban J connectivity index is 1.87. The lowest BCUT2D eigenvalue weighted by atomic mass is 10.0. The first-order chi connectivity index (χ1) is 14.0. The second-order valence-corrected chi connectivity index (χ2v) is 7.02. The van der Waals surface area contributed by atoms with Gasteiger partial charge in [0.2, 0.25) is 0 Å². The first kappa shape index (κ1) is 22.9. The second kappa shape index (κ2) is 12.2. The van der Waals surface area contributed by atoms with Crippen molar-refractivity contribution in [2.24, 2.45) is 0 Å². The highest BCUT2D eigenvalue weighted by Gasteiger charge is 2.10. The van der Waals surface area contributed by atoms with E-state index in [9.17, 15) is 19.7 Å². The average molecular weight is 400 g/mol. The van der Waals surface area contributed by atoms with Crippen LogP contribution in [0.15, 0.2) is 65.9 Å². The van der Waals surface area contributed by atoms with E-state index < -0.39 is 23.8 Å². The van der Waals surface area contributed by atoms with Crippen LogP contribution in [0.1, 0.15) is 49.8 Å². The highest BCUT2D eigenvalue weighted by atomic mass is 19.1. The second-order valence-electron chi connectivity index (χ2n) is 7.02. The van der Waals surface area contributed by atoms with Gasteiger partial charge in [0.1, 0.15) is 0 Å². The number of benzene rings is 2. The molecule has 0 fully saturated rings. The fourth-order valence-electron chi connectivity index (χ4n) is 2.95. The molecule has 3 N–H and O–H groups in total. The molecular formula is C24H29FO4. The Kier molecular flexibility index (Phi) is 9.62. The molecule has 2 aromatic rings. The first-order valence-electron chi connectivity index (χ1n) is 9.88. The smallest absolute Gasteiger partial charge is 0.165 e. The molecule has 0 aromatic heterocycles. The number of phenols is 1. The highest BCUT2D eigenvalue weighted by molar-refractivity contribution is 5.29. The molecule has 2 atom stereocenters. The van der Waals surface area contributed by atoms with Crippen LogP contribution in [0.5, 0.6) is 5.75 Å². The van der Waals surface area contributed by atoms with E-state index in [1.165, 1.54) is 12.1 Å². The van der Waals surface area contributed by atoms with Gasteiger partial charge in [0, 0.05) is 12.8 Å². The van der Waals surface area contributed by atoms with Gasteiger partial charge in [-0.15, -0.1) is 5.73 Å². The van der Waals surface area contributed by atoms with Gasteiger partial charge in [0.15, 0.2) is 11.6 Å². The Hall–Kier alpha value is -2.43. The zero-order valence-corrected chi connectivity index (χ0v) is 16.7. The van der Waals surface area contributed by atoms with Crippen LogP contribution in [0.25, 0.3) is 0 Å². The Labute approximate surface area is 171 Å². The van der Waals surface area contributed by atoms with Crippen molar-refractivity contribution in [1.29, 1.82) is 0 Å². The molecule has 0 aliphatic rings. The number of ether oxygens (including phenoxy) is 1. The molecule has 29 heavy (non-hydrogen) atoms. The van der Waals surface area contributed by atoms with Crippen molar-refractivity contribution in [3.05, 3.63) is 82.9 Å². The standard InChI is InChI=1S/C24H29FO4/c1-2-7-18(14-21(26)17-29-16-19-8-4-3-5-9-19)10-6-11-23(27)20-12-13-24(28)22(25)15-20/h3-6,8-9,12-13,15,21,23,26-28H,2,7,11,14,16-17H2,1H3/t10?,21-,23-/m1/s1. The summed E-state index contributed by atoms with van der Waals surface area (Å²) in [6.45, 7) is 2.74. The number of halogens is 1. The fourth-order valence-corrected chi connectivity index (χ4v) is 2.95. The van der Waals surface area contributed by atoms with Crippen molar-refractivity contribution >= 4 is 0 Å². The number of phenolic OH excluding ortho intramolecular Hbond substituents is 1. The minimum Gasteiger partial charge on any atom is -0.505 e. The molecule has 0 spiro atoms. The molecule has 0 heterocycles. The molecule has 0 bridgehead atoms. The average Bonchev–Trinajstić information content (AvgIpc) is 2.71. The van der Waals surface area contributed by atoms with E-state index in [4.69, 9.17) is 4.74 Å².